The zero-order valence-corrected chi connectivity index (χ0v) is 72.2. The topological polar surface area (TPSA) is 373 Å². The number of carboxylic acids is 1. The highest BCUT2D eigenvalue weighted by atomic mass is 16.8. The molecule has 18 atom stereocenters. The van der Waals surface area contributed by atoms with Crippen LogP contribution in [0.25, 0.3) is 0 Å². The van der Waals surface area contributed by atoms with Gasteiger partial charge in [0.05, 0.1) is 50.7 Å². The molecule has 0 aromatic rings. The summed E-state index contributed by atoms with van der Waals surface area (Å²) in [5.41, 5.74) is 0. The van der Waals surface area contributed by atoms with E-state index in [9.17, 15) is 75.7 Å². The summed E-state index contributed by atoms with van der Waals surface area (Å²) in [4.78, 5) is 38.8. The van der Waals surface area contributed by atoms with Crippen molar-refractivity contribution in [2.24, 2.45) is 0 Å². The molecular weight excluding hydrogens is 1460 g/mol. The summed E-state index contributed by atoms with van der Waals surface area (Å²) >= 11 is 0. The van der Waals surface area contributed by atoms with E-state index in [1.807, 2.05) is 0 Å². The first-order valence-electron chi connectivity index (χ1n) is 47.4. The third-order valence-corrected chi connectivity index (χ3v) is 24.3. The number of nitrogens with one attached hydrogen (secondary N) is 2. The first-order chi connectivity index (χ1) is 55.4. The Balaban J connectivity index is 1.42. The van der Waals surface area contributed by atoms with Crippen molar-refractivity contribution in [1.29, 1.82) is 0 Å². The van der Waals surface area contributed by atoms with E-state index in [0.29, 0.717) is 19.3 Å². The van der Waals surface area contributed by atoms with E-state index in [1.54, 1.807) is 0 Å². The molecular formula is C91H174N2O21. The van der Waals surface area contributed by atoms with Crippen molar-refractivity contribution >= 4 is 17.8 Å². The van der Waals surface area contributed by atoms with Gasteiger partial charge in [-0.15, -0.1) is 0 Å². The lowest BCUT2D eigenvalue weighted by atomic mass is 9.88. The van der Waals surface area contributed by atoms with E-state index in [2.05, 4.69) is 24.5 Å². The Morgan fingerprint density at radius 3 is 1.10 bits per heavy atom. The van der Waals surface area contributed by atoms with Gasteiger partial charge in [0.15, 0.2) is 12.6 Å². The molecule has 23 heteroatoms. The van der Waals surface area contributed by atoms with Crippen molar-refractivity contribution in [2.45, 2.75) is 535 Å². The lowest BCUT2D eigenvalue weighted by Gasteiger charge is -2.50. The van der Waals surface area contributed by atoms with Crippen molar-refractivity contribution in [3.8, 4) is 0 Å². The zero-order chi connectivity index (χ0) is 83.1. The standard InChI is InChI=1S/C91H174N2O21/c1-4-6-8-10-12-14-16-18-20-22-24-26-28-30-31-32-33-34-35-36-37-38-39-41-43-45-47-49-51-53-55-57-59-61-63-65-78(101)93-72(73(98)64-62-60-58-56-54-52-50-48-46-44-42-40-29-27-25-23-21-19-17-15-13-11-9-7-5-2)70-109-88-83(105)82(104)85(77(69-96)111-88)112-89-84(106)87(81(103)76(68-95)110-89)114-91(90(107)108)66-74(99)79(92-71(3)97)86(113-91)80(102)75(100)67-94/h72-77,79-89,94-96,98-100,102-106H,4-70H2,1-3H3,(H,92,97)(H,93,101)(H,107,108). The molecule has 3 saturated heterocycles. The van der Waals surface area contributed by atoms with Crippen LogP contribution in [-0.2, 0) is 42.8 Å². The minimum atomic E-state index is -3.08. The Morgan fingerprint density at radius 2 is 0.763 bits per heavy atom. The van der Waals surface area contributed by atoms with Crippen LogP contribution in [0.3, 0.4) is 0 Å². The van der Waals surface area contributed by atoms with E-state index >= 15 is 0 Å². The first kappa shape index (κ1) is 106. The Hall–Kier alpha value is -2.27. The van der Waals surface area contributed by atoms with Gasteiger partial charge in [-0.2, -0.15) is 0 Å². The first-order valence-corrected chi connectivity index (χ1v) is 47.4. The second-order valence-electron chi connectivity index (χ2n) is 34.6. The molecule has 3 fully saturated rings. The van der Waals surface area contributed by atoms with Gasteiger partial charge in [0, 0.05) is 19.8 Å². The number of carbonyl (C=O) groups excluding carboxylic acids is 2. The molecule has 3 rings (SSSR count). The summed E-state index contributed by atoms with van der Waals surface area (Å²) in [6.45, 7) is 2.30. The number of ether oxygens (including phenoxy) is 6. The van der Waals surface area contributed by atoms with Gasteiger partial charge in [-0.1, -0.05) is 393 Å². The second-order valence-corrected chi connectivity index (χ2v) is 34.6. The number of hydrogen-bond donors (Lipinski definition) is 14. The third kappa shape index (κ3) is 47.2. The molecule has 0 aliphatic carbocycles. The number of amides is 2. The van der Waals surface area contributed by atoms with Crippen LogP contribution in [0.15, 0.2) is 0 Å². The Bertz CT molecular complexity index is 2250. The molecule has 3 aliphatic rings. The van der Waals surface area contributed by atoms with Gasteiger partial charge in [-0.3, -0.25) is 9.59 Å². The summed E-state index contributed by atoms with van der Waals surface area (Å²) in [6, 6.07) is -2.53. The van der Waals surface area contributed by atoms with E-state index < -0.39 is 148 Å². The average Bonchev–Trinajstić information content (AvgIpc) is 0.753. The van der Waals surface area contributed by atoms with Crippen LogP contribution in [0, 0.1) is 0 Å². The number of hydrogen-bond acceptors (Lipinski definition) is 20. The van der Waals surface area contributed by atoms with E-state index in [-0.39, 0.29) is 18.9 Å². The molecule has 0 aromatic heterocycles. The van der Waals surface area contributed by atoms with Gasteiger partial charge >= 0.3 is 5.97 Å². The number of aliphatic hydroxyl groups excluding tert-OH is 11. The fourth-order valence-corrected chi connectivity index (χ4v) is 16.9. The highest BCUT2D eigenvalue weighted by Crippen LogP contribution is 2.39. The average molecular weight is 1630 g/mol. The van der Waals surface area contributed by atoms with Gasteiger partial charge in [0.25, 0.3) is 5.79 Å². The van der Waals surface area contributed by atoms with Crippen molar-refractivity contribution in [3.63, 3.8) is 0 Å². The minimum absolute atomic E-state index is 0.230. The molecule has 3 heterocycles. The second kappa shape index (κ2) is 69.3. The van der Waals surface area contributed by atoms with Crippen molar-refractivity contribution in [3.05, 3.63) is 0 Å². The fraction of sp³-hybridized carbons (Fsp3) is 0.967. The van der Waals surface area contributed by atoms with Crippen molar-refractivity contribution in [1.82, 2.24) is 10.6 Å². The molecule has 0 bridgehead atoms. The highest BCUT2D eigenvalue weighted by molar-refractivity contribution is 5.77. The largest absolute Gasteiger partial charge is 0.477 e. The van der Waals surface area contributed by atoms with E-state index in [0.717, 1.165) is 51.9 Å². The molecule has 0 aromatic carbocycles. The van der Waals surface area contributed by atoms with Crippen LogP contribution in [0.5, 0.6) is 0 Å². The number of carboxylic acid groups (broad SMARTS) is 1. The number of aliphatic carboxylic acids is 1. The van der Waals surface area contributed by atoms with E-state index in [1.165, 1.54) is 327 Å². The van der Waals surface area contributed by atoms with Crippen LogP contribution in [0.2, 0.25) is 0 Å². The van der Waals surface area contributed by atoms with Crippen LogP contribution < -0.4 is 10.6 Å². The zero-order valence-electron chi connectivity index (χ0n) is 72.2. The Labute approximate surface area is 690 Å². The quantitative estimate of drug-likeness (QED) is 0.0252. The number of rotatable bonds is 78. The maximum atomic E-state index is 13.6. The van der Waals surface area contributed by atoms with Gasteiger partial charge in [-0.25, -0.2) is 4.79 Å². The predicted molar refractivity (Wildman–Crippen MR) is 449 cm³/mol. The lowest BCUT2D eigenvalue weighted by molar-refractivity contribution is -0.386. The molecule has 0 radical (unpaired) electrons. The van der Waals surface area contributed by atoms with Crippen molar-refractivity contribution in [2.75, 3.05) is 26.4 Å². The summed E-state index contributed by atoms with van der Waals surface area (Å²) in [6.07, 6.45) is 49.8. The van der Waals surface area contributed by atoms with Crippen LogP contribution >= 0.6 is 0 Å². The lowest BCUT2D eigenvalue weighted by Crippen LogP contribution is -2.70. The highest BCUT2D eigenvalue weighted by Gasteiger charge is 2.60. The summed E-state index contributed by atoms with van der Waals surface area (Å²) in [7, 11) is 0. The molecule has 18 unspecified atom stereocenters. The van der Waals surface area contributed by atoms with Gasteiger partial charge in [-0.05, 0) is 12.8 Å². The summed E-state index contributed by atoms with van der Waals surface area (Å²) in [5.74, 6) is -6.08. The molecule has 0 saturated carbocycles. The molecule has 14 N–H and O–H groups in total. The fourth-order valence-electron chi connectivity index (χ4n) is 16.9. The van der Waals surface area contributed by atoms with Crippen molar-refractivity contribution < 1.29 is 104 Å². The predicted octanol–water partition coefficient (Wildman–Crippen LogP) is 15.9. The summed E-state index contributed by atoms with van der Waals surface area (Å²) < 4.78 is 35.1. The van der Waals surface area contributed by atoms with Crippen LogP contribution in [-0.4, -0.2) is 215 Å². The van der Waals surface area contributed by atoms with Gasteiger partial charge < -0.3 is 100 Å². The molecule has 674 valence electrons. The Kier molecular flexibility index (Phi) is 64.4. The normalized spacial score (nSPS) is 25.1. The number of aliphatic hydroxyl groups is 11. The smallest absolute Gasteiger partial charge is 0.364 e. The monoisotopic (exact) mass is 1630 g/mol. The molecule has 23 nitrogen and oxygen atoms in total. The maximum absolute atomic E-state index is 13.6. The van der Waals surface area contributed by atoms with E-state index in [4.69, 9.17) is 28.4 Å². The minimum Gasteiger partial charge on any atom is -0.477 e. The maximum Gasteiger partial charge on any atom is 0.364 e. The number of carbonyl (C=O) groups is 3. The molecule has 2 amide bonds. The third-order valence-electron chi connectivity index (χ3n) is 24.3. The van der Waals surface area contributed by atoms with Crippen LogP contribution in [0.1, 0.15) is 425 Å². The molecule has 3 aliphatic heterocycles. The SMILES string of the molecule is CCCCCCCCCCCCCCCCCCCCCCCCCCCCCCCCCCCCCC(=O)NC(COC1OC(CO)C(OC2OC(CO)C(O)C(OC3(C(=O)O)CC(O)C(NC(C)=O)C(C(O)C(O)CO)O3)C2O)C(O)C1O)C(O)CCCCCCCCCCCCCCCCCCCCCCCCCCC. The molecule has 114 heavy (non-hydrogen) atoms. The van der Waals surface area contributed by atoms with Crippen LogP contribution in [0.4, 0.5) is 0 Å². The molecule has 0 spiro atoms. The Morgan fingerprint density at radius 1 is 0.421 bits per heavy atom. The van der Waals surface area contributed by atoms with Gasteiger partial charge in [0.2, 0.25) is 11.8 Å². The summed E-state index contributed by atoms with van der Waals surface area (Å²) in [5, 5.41) is 137. The van der Waals surface area contributed by atoms with Gasteiger partial charge in [0.1, 0.15) is 67.1 Å². The number of unbranched alkanes of at least 4 members (excludes halogenated alkanes) is 58.